The third kappa shape index (κ3) is 3.70. The molecule has 0 aromatic heterocycles. The minimum atomic E-state index is -0.629. The number of hydrogen-bond donors (Lipinski definition) is 2. The molecule has 2 N–H and O–H groups in total. The van der Waals surface area contributed by atoms with E-state index in [0.29, 0.717) is 45.9 Å². The highest BCUT2D eigenvalue weighted by Gasteiger charge is 2.47. The maximum Gasteiger partial charge on any atom is 0.132 e. The lowest BCUT2D eigenvalue weighted by molar-refractivity contribution is 0.435. The molecule has 0 aliphatic heterocycles. The van der Waals surface area contributed by atoms with Gasteiger partial charge in [0.1, 0.15) is 23.1 Å². The number of aromatic hydroxyl groups is 2. The summed E-state index contributed by atoms with van der Waals surface area (Å²) in [6, 6.07) is 28.5. The van der Waals surface area contributed by atoms with E-state index in [2.05, 4.69) is 24.3 Å². The summed E-state index contributed by atoms with van der Waals surface area (Å²) in [4.78, 5) is 0. The molecule has 6 aromatic rings. The Morgan fingerprint density at radius 2 is 0.977 bits per heavy atom. The van der Waals surface area contributed by atoms with Crippen molar-refractivity contribution in [2.75, 3.05) is 0 Å². The van der Waals surface area contributed by atoms with Gasteiger partial charge in [-0.25, -0.2) is 8.78 Å². The normalized spacial score (nSPS) is 14.2. The van der Waals surface area contributed by atoms with E-state index >= 15 is 8.78 Å². The fourth-order valence-electron chi connectivity index (χ4n) is 7.36. The molecule has 0 heterocycles. The van der Waals surface area contributed by atoms with Gasteiger partial charge in [-0.3, -0.25) is 0 Å². The van der Waals surface area contributed by atoms with E-state index < -0.39 is 17.0 Å². The quantitative estimate of drug-likeness (QED) is 0.206. The van der Waals surface area contributed by atoms with Gasteiger partial charge in [-0.15, -0.1) is 0 Å². The second-order valence-electron chi connectivity index (χ2n) is 11.4. The van der Waals surface area contributed by atoms with Gasteiger partial charge in [0.15, 0.2) is 0 Å². The Labute approximate surface area is 256 Å². The van der Waals surface area contributed by atoms with Crippen LogP contribution >= 0.6 is 23.2 Å². The largest absolute Gasteiger partial charge is 0.507 e. The van der Waals surface area contributed by atoms with Gasteiger partial charge in [0, 0.05) is 48.8 Å². The number of benzene rings is 6. The van der Waals surface area contributed by atoms with Crippen LogP contribution in [0.1, 0.15) is 22.3 Å². The lowest BCUT2D eigenvalue weighted by atomic mass is 9.64. The minimum Gasteiger partial charge on any atom is -0.507 e. The van der Waals surface area contributed by atoms with E-state index in [4.69, 9.17) is 23.2 Å². The Hall–Kier alpha value is -4.38. The second kappa shape index (κ2) is 9.31. The zero-order valence-electron chi connectivity index (χ0n) is 22.6. The van der Waals surface area contributed by atoms with Crippen molar-refractivity contribution in [1.29, 1.82) is 0 Å². The molecule has 0 saturated carbocycles. The molecule has 0 saturated heterocycles. The zero-order valence-corrected chi connectivity index (χ0v) is 24.1. The molecule has 8 rings (SSSR count). The SMILES string of the molecule is Oc1c(-c2ccc(Cl)cc2F)cc2cc(-c3ccc(Cl)cc3F)c(O)c3c2c1CC1(C3)c2ccccc2-c2ccccc21. The lowest BCUT2D eigenvalue weighted by Gasteiger charge is -2.38. The van der Waals surface area contributed by atoms with Crippen LogP contribution in [-0.2, 0) is 18.3 Å². The summed E-state index contributed by atoms with van der Waals surface area (Å²) in [6.07, 6.45) is 0.848. The number of phenols is 2. The van der Waals surface area contributed by atoms with Crippen LogP contribution in [0, 0.1) is 11.6 Å². The van der Waals surface area contributed by atoms with E-state index in [1.807, 2.05) is 24.3 Å². The first-order valence-corrected chi connectivity index (χ1v) is 14.7. The van der Waals surface area contributed by atoms with Crippen LogP contribution in [0.2, 0.25) is 10.0 Å². The molecular formula is C37H22Cl2F2O2. The highest BCUT2D eigenvalue weighted by atomic mass is 35.5. The zero-order chi connectivity index (χ0) is 29.6. The highest BCUT2D eigenvalue weighted by Crippen LogP contribution is 2.59. The molecule has 6 heteroatoms. The van der Waals surface area contributed by atoms with Gasteiger partial charge in [-0.1, -0.05) is 71.7 Å². The van der Waals surface area contributed by atoms with Crippen molar-refractivity contribution in [2.45, 2.75) is 18.3 Å². The highest BCUT2D eigenvalue weighted by molar-refractivity contribution is 6.31. The van der Waals surface area contributed by atoms with Crippen LogP contribution in [0.15, 0.2) is 97.1 Å². The summed E-state index contributed by atoms with van der Waals surface area (Å²) >= 11 is 12.1. The van der Waals surface area contributed by atoms with Gasteiger partial charge < -0.3 is 10.2 Å². The summed E-state index contributed by atoms with van der Waals surface area (Å²) in [5.41, 5.74) is 5.92. The number of fused-ring (bicyclic) bond motifs is 5. The van der Waals surface area contributed by atoms with Crippen LogP contribution < -0.4 is 0 Å². The fourth-order valence-corrected chi connectivity index (χ4v) is 7.68. The average molecular weight is 607 g/mol. The van der Waals surface area contributed by atoms with Crippen molar-refractivity contribution in [2.24, 2.45) is 0 Å². The molecular weight excluding hydrogens is 585 g/mol. The first kappa shape index (κ1) is 26.3. The molecule has 6 aromatic carbocycles. The van der Waals surface area contributed by atoms with Crippen molar-refractivity contribution in [3.05, 3.63) is 141 Å². The second-order valence-corrected chi connectivity index (χ2v) is 12.2. The molecule has 0 atom stereocenters. The first-order chi connectivity index (χ1) is 20.8. The van der Waals surface area contributed by atoms with Gasteiger partial charge in [-0.05, 0) is 94.4 Å². The molecule has 2 nitrogen and oxygen atoms in total. The minimum absolute atomic E-state index is 0.0549. The predicted molar refractivity (Wildman–Crippen MR) is 168 cm³/mol. The first-order valence-electron chi connectivity index (χ1n) is 13.9. The molecule has 0 bridgehead atoms. The Morgan fingerprint density at radius 3 is 1.42 bits per heavy atom. The number of hydrogen-bond acceptors (Lipinski definition) is 2. The molecule has 43 heavy (non-hydrogen) atoms. The van der Waals surface area contributed by atoms with Gasteiger partial charge >= 0.3 is 0 Å². The predicted octanol–water partition coefficient (Wildman–Crippen LogP) is 10.2. The van der Waals surface area contributed by atoms with E-state index in [1.165, 1.54) is 12.1 Å². The Morgan fingerprint density at radius 1 is 0.535 bits per heavy atom. The molecule has 0 unspecified atom stereocenters. The summed E-state index contributed by atoms with van der Waals surface area (Å²) in [5, 5.41) is 25.7. The van der Waals surface area contributed by atoms with E-state index in [-0.39, 0.29) is 32.7 Å². The summed E-state index contributed by atoms with van der Waals surface area (Å²) in [7, 11) is 0. The Balaban J connectivity index is 1.49. The smallest absolute Gasteiger partial charge is 0.132 e. The molecule has 2 aliphatic carbocycles. The van der Waals surface area contributed by atoms with Crippen LogP contribution in [0.25, 0.3) is 44.2 Å². The Kier molecular flexibility index (Phi) is 5.69. The number of phenolic OH excluding ortho intramolecular Hbond substituents is 2. The van der Waals surface area contributed by atoms with Gasteiger partial charge in [0.05, 0.1) is 0 Å². The molecule has 2 aliphatic rings. The van der Waals surface area contributed by atoms with E-state index in [9.17, 15) is 10.2 Å². The summed E-state index contributed by atoms with van der Waals surface area (Å²) in [5.74, 6) is -1.25. The van der Waals surface area contributed by atoms with E-state index in [0.717, 1.165) is 22.3 Å². The molecule has 210 valence electrons. The van der Waals surface area contributed by atoms with Gasteiger partial charge in [0.2, 0.25) is 0 Å². The molecule has 0 amide bonds. The van der Waals surface area contributed by atoms with Crippen molar-refractivity contribution >= 4 is 34.0 Å². The summed E-state index contributed by atoms with van der Waals surface area (Å²) in [6.45, 7) is 0. The maximum atomic E-state index is 15.3. The van der Waals surface area contributed by atoms with E-state index in [1.54, 1.807) is 36.4 Å². The maximum absolute atomic E-state index is 15.3. The number of rotatable bonds is 2. The van der Waals surface area contributed by atoms with Crippen LogP contribution in [0.4, 0.5) is 8.78 Å². The third-order valence-electron chi connectivity index (χ3n) is 9.15. The third-order valence-corrected chi connectivity index (χ3v) is 9.62. The van der Waals surface area contributed by atoms with Crippen molar-refractivity contribution < 1.29 is 19.0 Å². The fraction of sp³-hybridized carbons (Fsp3) is 0.0811. The monoisotopic (exact) mass is 606 g/mol. The van der Waals surface area contributed by atoms with Crippen molar-refractivity contribution in [1.82, 2.24) is 0 Å². The van der Waals surface area contributed by atoms with Gasteiger partial charge in [0.25, 0.3) is 0 Å². The topological polar surface area (TPSA) is 40.5 Å². The molecule has 0 radical (unpaired) electrons. The van der Waals surface area contributed by atoms with Crippen molar-refractivity contribution in [3.63, 3.8) is 0 Å². The Bertz CT molecular complexity index is 2020. The number of halogens is 4. The molecule has 1 spiro atoms. The van der Waals surface area contributed by atoms with Gasteiger partial charge in [-0.2, -0.15) is 0 Å². The lowest BCUT2D eigenvalue weighted by Crippen LogP contribution is -2.34. The van der Waals surface area contributed by atoms with Crippen LogP contribution in [0.3, 0.4) is 0 Å². The van der Waals surface area contributed by atoms with Crippen molar-refractivity contribution in [3.8, 4) is 44.9 Å². The standard InChI is InChI=1S/C37H22Cl2F2O2/c38-20-9-11-24(32(40)15-20)26-13-19-14-27(25-12-10-21(39)16-33(25)41)36(43)29-18-37(17-28(34(19)29)35(26)42)30-7-3-1-5-22(30)23-6-2-4-8-31(23)37/h1-16,42-43H,17-18H2. The summed E-state index contributed by atoms with van der Waals surface area (Å²) < 4.78 is 30.7. The van der Waals surface area contributed by atoms with Crippen LogP contribution in [-0.4, -0.2) is 10.2 Å². The average Bonchev–Trinajstić information content (AvgIpc) is 3.26. The molecule has 0 fully saturated rings. The van der Waals surface area contributed by atoms with Crippen LogP contribution in [0.5, 0.6) is 11.5 Å².